The van der Waals surface area contributed by atoms with Gasteiger partial charge in [0.1, 0.15) is 0 Å². The van der Waals surface area contributed by atoms with Crippen LogP contribution in [0.1, 0.15) is 18.3 Å². The van der Waals surface area contributed by atoms with E-state index in [9.17, 15) is 15.2 Å². The summed E-state index contributed by atoms with van der Waals surface area (Å²) in [6.45, 7) is 1.87. The Hall–Kier alpha value is -2.69. The van der Waals surface area contributed by atoms with Crippen LogP contribution in [0.4, 0.5) is 11.6 Å². The minimum atomic E-state index is -0.686. The van der Waals surface area contributed by atoms with E-state index >= 15 is 0 Å². The summed E-state index contributed by atoms with van der Waals surface area (Å²) in [6.07, 6.45) is 1.82. The molecular weight excluding hydrogens is 358 g/mol. The number of hydrogen-bond acceptors (Lipinski definition) is 8. The fourth-order valence-corrected chi connectivity index (χ4v) is 2.11. The number of aryl methyl sites for hydroxylation is 1. The van der Waals surface area contributed by atoms with Gasteiger partial charge in [0.2, 0.25) is 5.75 Å². The molecule has 1 heterocycles. The van der Waals surface area contributed by atoms with Crippen molar-refractivity contribution in [2.45, 2.75) is 13.3 Å². The Balaban J connectivity index is 2.23. The first-order valence-corrected chi connectivity index (χ1v) is 6.88. The normalized spacial score (nSPS) is 11.0. The van der Waals surface area contributed by atoms with E-state index < -0.39 is 16.4 Å². The van der Waals surface area contributed by atoms with E-state index in [2.05, 4.69) is 36.7 Å². The summed E-state index contributed by atoms with van der Waals surface area (Å²) in [5.74, 6) is 6.01. The first kappa shape index (κ1) is 15.7. The van der Waals surface area contributed by atoms with Crippen LogP contribution in [0.2, 0.25) is 0 Å². The number of nitrogen functional groups attached to an aromatic ring is 1. The second kappa shape index (κ2) is 6.39. The number of benzene rings is 1. The number of aromatic hydroxyl groups is 1. The fraction of sp³-hybridized carbons (Fsp3) is 0.182. The van der Waals surface area contributed by atoms with Crippen molar-refractivity contribution in [3.63, 3.8) is 0 Å². The monoisotopic (exact) mass is 369 g/mol. The van der Waals surface area contributed by atoms with E-state index in [0.717, 1.165) is 0 Å². The number of nitro groups is 1. The Morgan fingerprint density at radius 3 is 2.91 bits per heavy atom. The number of anilines is 1. The second-order valence-electron chi connectivity index (χ2n) is 4.15. The fourth-order valence-electron chi connectivity index (χ4n) is 1.64. The number of nitro benzene ring substituents is 1. The molecular formula is C11H12BrN7O3. The molecule has 4 N–H and O–H groups in total. The van der Waals surface area contributed by atoms with Crippen molar-refractivity contribution in [1.82, 2.24) is 14.9 Å². The summed E-state index contributed by atoms with van der Waals surface area (Å²) < 4.78 is 1.68. The van der Waals surface area contributed by atoms with E-state index in [0.29, 0.717) is 16.7 Å². The van der Waals surface area contributed by atoms with Gasteiger partial charge in [-0.1, -0.05) is 22.9 Å². The zero-order valence-corrected chi connectivity index (χ0v) is 13.0. The molecule has 0 aliphatic heterocycles. The maximum absolute atomic E-state index is 10.8. The maximum atomic E-state index is 10.8. The highest BCUT2D eigenvalue weighted by Gasteiger charge is 2.17. The lowest BCUT2D eigenvalue weighted by molar-refractivity contribution is -0.385. The lowest BCUT2D eigenvalue weighted by atomic mass is 10.2. The van der Waals surface area contributed by atoms with Crippen LogP contribution in [0.15, 0.2) is 21.7 Å². The predicted octanol–water partition coefficient (Wildman–Crippen LogP) is 1.38. The predicted molar refractivity (Wildman–Crippen MR) is 83.2 cm³/mol. The van der Waals surface area contributed by atoms with Gasteiger partial charge >= 0.3 is 5.69 Å². The number of nitrogens with one attached hydrogen (secondary N) is 1. The molecule has 0 radical (unpaired) electrons. The third-order valence-electron chi connectivity index (χ3n) is 2.73. The standard InChI is InChI=1S/C11H12BrN7O3/c1-2-9-15-17-11(18(9)13)16-14-5-6-3-7(12)4-8(10(6)20)19(21)22/h3-5,20H,2,13H2,1H3,(H,16,17). The van der Waals surface area contributed by atoms with Crippen LogP contribution in [0.5, 0.6) is 5.75 Å². The van der Waals surface area contributed by atoms with E-state index in [1.165, 1.54) is 23.0 Å². The van der Waals surface area contributed by atoms with Gasteiger partial charge in [-0.15, -0.1) is 10.2 Å². The molecule has 2 rings (SSSR count). The van der Waals surface area contributed by atoms with Crippen LogP contribution in [0.25, 0.3) is 0 Å². The van der Waals surface area contributed by atoms with Gasteiger partial charge in [0.05, 0.1) is 11.1 Å². The number of phenols is 1. The molecule has 0 saturated heterocycles. The Morgan fingerprint density at radius 1 is 1.59 bits per heavy atom. The molecule has 0 unspecified atom stereocenters. The second-order valence-corrected chi connectivity index (χ2v) is 5.07. The lowest BCUT2D eigenvalue weighted by Crippen LogP contribution is -2.14. The number of nitrogens with two attached hydrogens (primary N) is 1. The molecule has 0 bridgehead atoms. The van der Waals surface area contributed by atoms with Crippen LogP contribution in [0.3, 0.4) is 0 Å². The van der Waals surface area contributed by atoms with Crippen molar-refractivity contribution >= 4 is 33.8 Å². The summed E-state index contributed by atoms with van der Waals surface area (Å²) in [5, 5.41) is 32.1. The van der Waals surface area contributed by atoms with Crippen molar-refractivity contribution in [2.75, 3.05) is 11.3 Å². The number of phenolic OH excluding ortho intramolecular Hbond substituents is 1. The highest BCUT2D eigenvalue weighted by Crippen LogP contribution is 2.32. The van der Waals surface area contributed by atoms with Crippen molar-refractivity contribution in [2.24, 2.45) is 5.10 Å². The Kier molecular flexibility index (Phi) is 4.56. The molecule has 2 aromatic rings. The highest BCUT2D eigenvalue weighted by atomic mass is 79.9. The molecule has 0 spiro atoms. The molecule has 0 saturated carbocycles. The van der Waals surface area contributed by atoms with Crippen molar-refractivity contribution < 1.29 is 10.0 Å². The van der Waals surface area contributed by atoms with Crippen LogP contribution in [-0.4, -0.2) is 31.1 Å². The number of halogens is 1. The molecule has 0 aliphatic rings. The van der Waals surface area contributed by atoms with Gasteiger partial charge in [-0.05, 0) is 6.07 Å². The minimum Gasteiger partial charge on any atom is -0.502 e. The number of nitrogens with zero attached hydrogens (tertiary/aromatic N) is 5. The van der Waals surface area contributed by atoms with Gasteiger partial charge in [0, 0.05) is 22.5 Å². The number of aromatic nitrogens is 3. The highest BCUT2D eigenvalue weighted by molar-refractivity contribution is 9.10. The topological polar surface area (TPSA) is 144 Å². The maximum Gasteiger partial charge on any atom is 0.312 e. The van der Waals surface area contributed by atoms with Gasteiger partial charge in [0.15, 0.2) is 5.82 Å². The molecule has 10 nitrogen and oxygen atoms in total. The van der Waals surface area contributed by atoms with Crippen LogP contribution in [0, 0.1) is 10.1 Å². The Morgan fingerprint density at radius 2 is 2.32 bits per heavy atom. The van der Waals surface area contributed by atoms with Crippen LogP contribution in [-0.2, 0) is 6.42 Å². The Bertz CT molecular complexity index is 744. The molecule has 1 aromatic carbocycles. The number of hydrazone groups is 1. The molecule has 22 heavy (non-hydrogen) atoms. The molecule has 1 aromatic heterocycles. The summed E-state index contributed by atoms with van der Waals surface area (Å²) >= 11 is 3.13. The molecule has 116 valence electrons. The first-order chi connectivity index (χ1) is 10.4. The van der Waals surface area contributed by atoms with Gasteiger partial charge in [-0.25, -0.2) is 10.1 Å². The van der Waals surface area contributed by atoms with Gasteiger partial charge in [-0.2, -0.15) is 5.10 Å². The summed E-state index contributed by atoms with van der Waals surface area (Å²) in [6, 6.07) is 2.68. The third kappa shape index (κ3) is 3.14. The van der Waals surface area contributed by atoms with Gasteiger partial charge in [0.25, 0.3) is 5.95 Å². The number of rotatable bonds is 5. The summed E-state index contributed by atoms with van der Waals surface area (Å²) in [4.78, 5) is 10.1. The summed E-state index contributed by atoms with van der Waals surface area (Å²) in [7, 11) is 0. The zero-order chi connectivity index (χ0) is 16.3. The Labute approximate surface area is 132 Å². The average Bonchev–Trinajstić information content (AvgIpc) is 2.82. The van der Waals surface area contributed by atoms with E-state index in [4.69, 9.17) is 5.84 Å². The largest absolute Gasteiger partial charge is 0.502 e. The van der Waals surface area contributed by atoms with Crippen molar-refractivity contribution in [3.05, 3.63) is 38.1 Å². The SMILES string of the molecule is CCc1nnc(NN=Cc2cc(Br)cc([N+](=O)[O-])c2O)n1N. The number of hydrogen-bond donors (Lipinski definition) is 3. The third-order valence-corrected chi connectivity index (χ3v) is 3.19. The first-order valence-electron chi connectivity index (χ1n) is 6.09. The van der Waals surface area contributed by atoms with Gasteiger partial charge < -0.3 is 10.9 Å². The molecule has 0 fully saturated rings. The lowest BCUT2D eigenvalue weighted by Gasteiger charge is -2.03. The minimum absolute atomic E-state index is 0.160. The van der Waals surface area contributed by atoms with Crippen molar-refractivity contribution in [1.29, 1.82) is 0 Å². The zero-order valence-electron chi connectivity index (χ0n) is 11.4. The average molecular weight is 370 g/mol. The summed E-state index contributed by atoms with van der Waals surface area (Å²) in [5.41, 5.74) is 2.28. The van der Waals surface area contributed by atoms with Gasteiger partial charge in [-0.3, -0.25) is 10.1 Å². The van der Waals surface area contributed by atoms with Crippen LogP contribution < -0.4 is 11.3 Å². The van der Waals surface area contributed by atoms with E-state index in [1.807, 2.05) is 6.92 Å². The van der Waals surface area contributed by atoms with Crippen molar-refractivity contribution in [3.8, 4) is 5.75 Å². The quantitative estimate of drug-likeness (QED) is 0.312. The molecule has 0 aliphatic carbocycles. The van der Waals surface area contributed by atoms with Crippen LogP contribution >= 0.6 is 15.9 Å². The molecule has 0 atom stereocenters. The van der Waals surface area contributed by atoms with E-state index in [-0.39, 0.29) is 11.5 Å². The van der Waals surface area contributed by atoms with E-state index in [1.54, 1.807) is 0 Å². The molecule has 0 amide bonds. The smallest absolute Gasteiger partial charge is 0.312 e. The molecule has 11 heteroatoms.